The van der Waals surface area contributed by atoms with Crippen molar-refractivity contribution in [2.24, 2.45) is 0 Å². The number of rotatable bonds is 2. The van der Waals surface area contributed by atoms with Gasteiger partial charge in [0, 0.05) is 10.9 Å². The summed E-state index contributed by atoms with van der Waals surface area (Å²) < 4.78 is 0. The molecule has 1 fully saturated rings. The predicted octanol–water partition coefficient (Wildman–Crippen LogP) is 1.88. The van der Waals surface area contributed by atoms with E-state index in [9.17, 15) is 4.79 Å². The van der Waals surface area contributed by atoms with Crippen molar-refractivity contribution in [3.05, 3.63) is 21.9 Å². The number of hydrogen-bond acceptors (Lipinski definition) is 3. The third kappa shape index (κ3) is 2.83. The minimum Gasteiger partial charge on any atom is -0.349 e. The van der Waals surface area contributed by atoms with E-state index in [0.717, 1.165) is 30.8 Å². The number of hydrogen-bond donors (Lipinski definition) is 1. The Kier molecular flexibility index (Phi) is 3.61. The maximum absolute atomic E-state index is 11.9. The fourth-order valence-corrected chi connectivity index (χ4v) is 2.74. The number of carbonyl (C=O) groups excluding carboxylic acids is 1. The molecule has 1 aromatic rings. The Balaban J connectivity index is 1.88. The van der Waals surface area contributed by atoms with Crippen LogP contribution in [-0.4, -0.2) is 37.0 Å². The predicted molar refractivity (Wildman–Crippen MR) is 67.0 cm³/mol. The van der Waals surface area contributed by atoms with E-state index in [1.807, 2.05) is 19.1 Å². The zero-order valence-corrected chi connectivity index (χ0v) is 10.6. The zero-order valence-electron chi connectivity index (χ0n) is 9.82. The van der Waals surface area contributed by atoms with Crippen LogP contribution < -0.4 is 5.32 Å². The molecule has 1 saturated heterocycles. The fourth-order valence-electron chi connectivity index (χ4n) is 1.97. The maximum Gasteiger partial charge on any atom is 0.261 e. The summed E-state index contributed by atoms with van der Waals surface area (Å²) in [6.45, 7) is 4.18. The van der Waals surface area contributed by atoms with Gasteiger partial charge in [-0.25, -0.2) is 0 Å². The van der Waals surface area contributed by atoms with Gasteiger partial charge in [-0.3, -0.25) is 4.79 Å². The fraction of sp³-hybridized carbons (Fsp3) is 0.583. The van der Waals surface area contributed by atoms with Gasteiger partial charge >= 0.3 is 0 Å². The molecule has 0 aromatic carbocycles. The van der Waals surface area contributed by atoms with Gasteiger partial charge in [0.15, 0.2) is 0 Å². The van der Waals surface area contributed by atoms with Crippen molar-refractivity contribution in [2.45, 2.75) is 25.8 Å². The molecule has 2 heterocycles. The largest absolute Gasteiger partial charge is 0.349 e. The van der Waals surface area contributed by atoms with Crippen LogP contribution in [-0.2, 0) is 0 Å². The van der Waals surface area contributed by atoms with E-state index in [4.69, 9.17) is 0 Å². The molecule has 2 rings (SSSR count). The molecule has 1 aromatic heterocycles. The lowest BCUT2D eigenvalue weighted by Crippen LogP contribution is -2.43. The second-order valence-corrected chi connectivity index (χ2v) is 5.75. The van der Waals surface area contributed by atoms with Crippen LogP contribution in [0.25, 0.3) is 0 Å². The number of nitrogens with one attached hydrogen (secondary N) is 1. The molecule has 1 N–H and O–H groups in total. The molecule has 0 unspecified atom stereocenters. The Hall–Kier alpha value is -0.870. The van der Waals surface area contributed by atoms with E-state index in [1.165, 1.54) is 4.88 Å². The van der Waals surface area contributed by atoms with Crippen molar-refractivity contribution in [1.82, 2.24) is 10.2 Å². The van der Waals surface area contributed by atoms with E-state index < -0.39 is 0 Å². The summed E-state index contributed by atoms with van der Waals surface area (Å²) in [5, 5.41) is 3.11. The third-order valence-corrected chi connectivity index (χ3v) is 4.02. The Morgan fingerprint density at radius 3 is 2.69 bits per heavy atom. The summed E-state index contributed by atoms with van der Waals surface area (Å²) in [4.78, 5) is 16.2. The second kappa shape index (κ2) is 4.97. The lowest BCUT2D eigenvalue weighted by molar-refractivity contribution is 0.0921. The van der Waals surface area contributed by atoms with E-state index in [-0.39, 0.29) is 5.91 Å². The zero-order chi connectivity index (χ0) is 11.5. The summed E-state index contributed by atoms with van der Waals surface area (Å²) >= 11 is 1.56. The molecule has 1 aliphatic rings. The standard InChI is InChI=1S/C12H18N2OS/c1-9-3-4-11(16-9)12(15)13-10-5-7-14(2)8-6-10/h3-4,10H,5-8H2,1-2H3,(H,13,15). The minimum absolute atomic E-state index is 0.0904. The molecule has 4 heteroatoms. The van der Waals surface area contributed by atoms with Crippen molar-refractivity contribution < 1.29 is 4.79 Å². The van der Waals surface area contributed by atoms with E-state index >= 15 is 0 Å². The quantitative estimate of drug-likeness (QED) is 0.853. The van der Waals surface area contributed by atoms with E-state index in [0.29, 0.717) is 6.04 Å². The summed E-state index contributed by atoms with van der Waals surface area (Å²) in [5.74, 6) is 0.0904. The number of likely N-dealkylation sites (tertiary alicyclic amines) is 1. The van der Waals surface area contributed by atoms with Crippen molar-refractivity contribution >= 4 is 17.2 Å². The maximum atomic E-state index is 11.9. The number of thiophene rings is 1. The first kappa shape index (κ1) is 11.6. The van der Waals surface area contributed by atoms with Crippen molar-refractivity contribution in [2.75, 3.05) is 20.1 Å². The topological polar surface area (TPSA) is 32.3 Å². The SMILES string of the molecule is Cc1ccc(C(=O)NC2CCN(C)CC2)s1. The molecule has 0 radical (unpaired) electrons. The number of aryl methyl sites for hydroxylation is 1. The second-order valence-electron chi connectivity index (χ2n) is 4.46. The summed E-state index contributed by atoms with van der Waals surface area (Å²) in [5.41, 5.74) is 0. The first-order valence-corrected chi connectivity index (χ1v) is 6.52. The van der Waals surface area contributed by atoms with Crippen LogP contribution in [0.2, 0.25) is 0 Å². The third-order valence-electron chi connectivity index (χ3n) is 3.02. The van der Waals surface area contributed by atoms with Gasteiger partial charge in [0.2, 0.25) is 0 Å². The van der Waals surface area contributed by atoms with Gasteiger partial charge in [0.25, 0.3) is 5.91 Å². The molecule has 3 nitrogen and oxygen atoms in total. The number of amides is 1. The molecule has 1 aliphatic heterocycles. The average Bonchev–Trinajstić information content (AvgIpc) is 2.68. The van der Waals surface area contributed by atoms with Crippen LogP contribution >= 0.6 is 11.3 Å². The Morgan fingerprint density at radius 1 is 1.44 bits per heavy atom. The van der Waals surface area contributed by atoms with Gasteiger partial charge < -0.3 is 10.2 Å². The lowest BCUT2D eigenvalue weighted by Gasteiger charge is -2.29. The van der Waals surface area contributed by atoms with Crippen molar-refractivity contribution in [3.63, 3.8) is 0 Å². The lowest BCUT2D eigenvalue weighted by atomic mass is 10.1. The Bertz CT molecular complexity index is 367. The number of piperidine rings is 1. The highest BCUT2D eigenvalue weighted by molar-refractivity contribution is 7.13. The summed E-state index contributed by atoms with van der Waals surface area (Å²) in [6, 6.07) is 4.25. The van der Waals surface area contributed by atoms with Crippen LogP contribution in [0.1, 0.15) is 27.4 Å². The highest BCUT2D eigenvalue weighted by atomic mass is 32.1. The Labute approximate surface area is 100 Å². The molecular weight excluding hydrogens is 220 g/mol. The summed E-state index contributed by atoms with van der Waals surface area (Å²) in [7, 11) is 2.13. The summed E-state index contributed by atoms with van der Waals surface area (Å²) in [6.07, 6.45) is 2.12. The van der Waals surface area contributed by atoms with Gasteiger partial charge in [-0.1, -0.05) is 0 Å². The smallest absolute Gasteiger partial charge is 0.261 e. The molecule has 1 amide bonds. The van der Waals surface area contributed by atoms with Gasteiger partial charge in [-0.15, -0.1) is 11.3 Å². The molecular formula is C12H18N2OS. The van der Waals surface area contributed by atoms with Gasteiger partial charge in [-0.2, -0.15) is 0 Å². The highest BCUT2D eigenvalue weighted by Crippen LogP contribution is 2.16. The van der Waals surface area contributed by atoms with Crippen LogP contribution in [0.3, 0.4) is 0 Å². The monoisotopic (exact) mass is 238 g/mol. The average molecular weight is 238 g/mol. The molecule has 16 heavy (non-hydrogen) atoms. The van der Waals surface area contributed by atoms with Crippen LogP contribution in [0, 0.1) is 6.92 Å². The first-order valence-electron chi connectivity index (χ1n) is 5.71. The minimum atomic E-state index is 0.0904. The Morgan fingerprint density at radius 2 is 2.12 bits per heavy atom. The van der Waals surface area contributed by atoms with Crippen molar-refractivity contribution in [3.8, 4) is 0 Å². The number of nitrogens with zero attached hydrogens (tertiary/aromatic N) is 1. The van der Waals surface area contributed by atoms with Crippen molar-refractivity contribution in [1.29, 1.82) is 0 Å². The highest BCUT2D eigenvalue weighted by Gasteiger charge is 2.19. The van der Waals surface area contributed by atoms with Gasteiger partial charge in [0.1, 0.15) is 0 Å². The number of carbonyl (C=O) groups is 1. The molecule has 88 valence electrons. The molecule has 0 aliphatic carbocycles. The van der Waals surface area contributed by atoms with Gasteiger partial charge in [-0.05, 0) is 52.0 Å². The molecule has 0 atom stereocenters. The van der Waals surface area contributed by atoms with Crippen LogP contribution in [0.5, 0.6) is 0 Å². The van der Waals surface area contributed by atoms with Crippen LogP contribution in [0.15, 0.2) is 12.1 Å². The van der Waals surface area contributed by atoms with E-state index in [1.54, 1.807) is 11.3 Å². The van der Waals surface area contributed by atoms with E-state index in [2.05, 4.69) is 17.3 Å². The normalized spacial score (nSPS) is 18.6. The molecule has 0 bridgehead atoms. The molecule has 0 spiro atoms. The van der Waals surface area contributed by atoms with Crippen LogP contribution in [0.4, 0.5) is 0 Å². The first-order chi connectivity index (χ1) is 7.65. The van der Waals surface area contributed by atoms with Gasteiger partial charge in [0.05, 0.1) is 4.88 Å². The molecule has 0 saturated carbocycles.